The van der Waals surface area contributed by atoms with Crippen LogP contribution in [0.2, 0.25) is 0 Å². The van der Waals surface area contributed by atoms with Crippen LogP contribution >= 0.6 is 0 Å². The summed E-state index contributed by atoms with van der Waals surface area (Å²) < 4.78 is 0. The molecule has 102 valence electrons. The van der Waals surface area contributed by atoms with Gasteiger partial charge in [0, 0.05) is 6.54 Å². The Morgan fingerprint density at radius 1 is 0.889 bits per heavy atom. The zero-order valence-electron chi connectivity index (χ0n) is 12.6. The van der Waals surface area contributed by atoms with Gasteiger partial charge >= 0.3 is 0 Å². The maximum absolute atomic E-state index is 3.53. The van der Waals surface area contributed by atoms with Gasteiger partial charge in [0.15, 0.2) is 0 Å². The smallest absolute Gasteiger partial charge is 0.00107 e. The van der Waals surface area contributed by atoms with E-state index in [4.69, 9.17) is 0 Å². The van der Waals surface area contributed by atoms with Gasteiger partial charge in [-0.3, -0.25) is 0 Å². The number of hydrogen-bond acceptors (Lipinski definition) is 1. The molecule has 18 heavy (non-hydrogen) atoms. The Kier molecular flexibility index (Phi) is 6.42. The maximum atomic E-state index is 3.53. The van der Waals surface area contributed by atoms with Gasteiger partial charge < -0.3 is 5.32 Å². The molecule has 0 unspecified atom stereocenters. The highest BCUT2D eigenvalue weighted by Crippen LogP contribution is 2.30. The highest BCUT2D eigenvalue weighted by atomic mass is 14.9. The molecular weight excluding hydrogens is 218 g/mol. The largest absolute Gasteiger partial charge is 0.316 e. The summed E-state index contributed by atoms with van der Waals surface area (Å²) in [5.74, 6) is 0. The molecule has 1 N–H and O–H groups in total. The molecule has 0 saturated heterocycles. The lowest BCUT2D eigenvalue weighted by atomic mass is 9.76. The van der Waals surface area contributed by atoms with E-state index in [0.29, 0.717) is 5.41 Å². The Morgan fingerprint density at radius 2 is 1.44 bits per heavy atom. The number of hydrogen-bond donors (Lipinski definition) is 1. The van der Waals surface area contributed by atoms with Crippen molar-refractivity contribution in [1.82, 2.24) is 5.32 Å². The summed E-state index contributed by atoms with van der Waals surface area (Å²) in [7, 11) is 0. The first-order valence-electron chi connectivity index (χ1n) is 7.48. The van der Waals surface area contributed by atoms with E-state index in [1.54, 1.807) is 0 Å². The van der Waals surface area contributed by atoms with Crippen LogP contribution in [0.4, 0.5) is 0 Å². The van der Waals surface area contributed by atoms with Crippen LogP contribution in [0.1, 0.15) is 51.7 Å². The second-order valence-electron chi connectivity index (χ2n) is 5.33. The Hall–Kier alpha value is -0.820. The molecule has 0 aliphatic carbocycles. The highest BCUT2D eigenvalue weighted by molar-refractivity contribution is 5.23. The van der Waals surface area contributed by atoms with Crippen molar-refractivity contribution in [2.24, 2.45) is 5.41 Å². The van der Waals surface area contributed by atoms with Crippen LogP contribution in [0.15, 0.2) is 24.3 Å². The van der Waals surface area contributed by atoms with Gasteiger partial charge in [-0.2, -0.15) is 0 Å². The van der Waals surface area contributed by atoms with E-state index in [2.05, 4.69) is 57.3 Å². The predicted octanol–water partition coefficient (Wildman–Crippen LogP) is 4.21. The average Bonchev–Trinajstić information content (AvgIpc) is 2.44. The Bertz CT molecular complexity index is 322. The minimum absolute atomic E-state index is 0.420. The Labute approximate surface area is 113 Å². The molecule has 0 heterocycles. The van der Waals surface area contributed by atoms with E-state index >= 15 is 0 Å². The number of nitrogens with one attached hydrogen (secondary N) is 1. The predicted molar refractivity (Wildman–Crippen MR) is 81.1 cm³/mol. The molecular formula is C17H29N. The van der Waals surface area contributed by atoms with Crippen LogP contribution in [0.25, 0.3) is 0 Å². The SMILES string of the molecule is CCNCC(CC)(CC)Cc1ccc(CC)cc1. The average molecular weight is 247 g/mol. The lowest BCUT2D eigenvalue weighted by Crippen LogP contribution is -2.35. The summed E-state index contributed by atoms with van der Waals surface area (Å²) in [5.41, 5.74) is 3.34. The van der Waals surface area contributed by atoms with Crippen molar-refractivity contribution in [3.8, 4) is 0 Å². The number of rotatable bonds is 8. The molecule has 1 nitrogen and oxygen atoms in total. The first kappa shape index (κ1) is 15.2. The van der Waals surface area contributed by atoms with Crippen LogP contribution < -0.4 is 5.32 Å². The van der Waals surface area contributed by atoms with E-state index in [1.807, 2.05) is 0 Å². The number of aryl methyl sites for hydroxylation is 1. The molecule has 1 aromatic rings. The maximum Gasteiger partial charge on any atom is 0.00107 e. The summed E-state index contributed by atoms with van der Waals surface area (Å²) in [6.07, 6.45) is 4.80. The number of benzene rings is 1. The van der Waals surface area contributed by atoms with Gasteiger partial charge in [0.25, 0.3) is 0 Å². The standard InChI is InChI=1S/C17H29N/c1-5-15-9-11-16(12-10-15)13-17(6-2,7-3)14-18-8-4/h9-12,18H,5-8,13-14H2,1-4H3. The molecule has 0 spiro atoms. The van der Waals surface area contributed by atoms with Crippen molar-refractivity contribution in [2.75, 3.05) is 13.1 Å². The molecule has 0 atom stereocenters. The fraction of sp³-hybridized carbons (Fsp3) is 0.647. The van der Waals surface area contributed by atoms with E-state index in [-0.39, 0.29) is 0 Å². The van der Waals surface area contributed by atoms with Gasteiger partial charge in [0.05, 0.1) is 0 Å². The summed E-state index contributed by atoms with van der Waals surface area (Å²) in [6, 6.07) is 9.17. The molecule has 0 radical (unpaired) electrons. The second kappa shape index (κ2) is 7.58. The lowest BCUT2D eigenvalue weighted by Gasteiger charge is -2.32. The lowest BCUT2D eigenvalue weighted by molar-refractivity contribution is 0.248. The van der Waals surface area contributed by atoms with Crippen LogP contribution in [-0.2, 0) is 12.8 Å². The molecule has 1 aromatic carbocycles. The summed E-state index contributed by atoms with van der Waals surface area (Å²) in [5, 5.41) is 3.53. The molecule has 0 fully saturated rings. The normalized spacial score (nSPS) is 11.8. The first-order valence-corrected chi connectivity index (χ1v) is 7.48. The second-order valence-corrected chi connectivity index (χ2v) is 5.33. The van der Waals surface area contributed by atoms with Crippen molar-refractivity contribution in [3.63, 3.8) is 0 Å². The van der Waals surface area contributed by atoms with Crippen molar-refractivity contribution in [2.45, 2.75) is 53.4 Å². The quantitative estimate of drug-likeness (QED) is 0.725. The molecule has 0 bridgehead atoms. The first-order chi connectivity index (χ1) is 8.69. The Morgan fingerprint density at radius 3 is 1.89 bits per heavy atom. The van der Waals surface area contributed by atoms with E-state index in [1.165, 1.54) is 30.4 Å². The monoisotopic (exact) mass is 247 g/mol. The molecule has 0 aromatic heterocycles. The molecule has 0 amide bonds. The fourth-order valence-electron chi connectivity index (χ4n) is 2.53. The van der Waals surface area contributed by atoms with Crippen molar-refractivity contribution in [3.05, 3.63) is 35.4 Å². The van der Waals surface area contributed by atoms with E-state index in [0.717, 1.165) is 19.5 Å². The van der Waals surface area contributed by atoms with Crippen LogP contribution in [0, 0.1) is 5.41 Å². The summed E-state index contributed by atoms with van der Waals surface area (Å²) in [4.78, 5) is 0. The van der Waals surface area contributed by atoms with Crippen LogP contribution in [-0.4, -0.2) is 13.1 Å². The molecule has 0 saturated carbocycles. The van der Waals surface area contributed by atoms with Gasteiger partial charge in [0.2, 0.25) is 0 Å². The third-order valence-corrected chi connectivity index (χ3v) is 4.26. The van der Waals surface area contributed by atoms with Crippen molar-refractivity contribution in [1.29, 1.82) is 0 Å². The van der Waals surface area contributed by atoms with E-state index < -0.39 is 0 Å². The summed E-state index contributed by atoms with van der Waals surface area (Å²) in [6.45, 7) is 11.2. The third-order valence-electron chi connectivity index (χ3n) is 4.26. The molecule has 1 heteroatoms. The zero-order chi connectivity index (χ0) is 13.4. The summed E-state index contributed by atoms with van der Waals surface area (Å²) >= 11 is 0. The molecule has 1 rings (SSSR count). The van der Waals surface area contributed by atoms with Gasteiger partial charge in [0.1, 0.15) is 0 Å². The van der Waals surface area contributed by atoms with Gasteiger partial charge in [-0.15, -0.1) is 0 Å². The van der Waals surface area contributed by atoms with E-state index in [9.17, 15) is 0 Å². The van der Waals surface area contributed by atoms with Crippen molar-refractivity contribution >= 4 is 0 Å². The van der Waals surface area contributed by atoms with Gasteiger partial charge in [-0.1, -0.05) is 52.0 Å². The third kappa shape index (κ3) is 4.13. The zero-order valence-corrected chi connectivity index (χ0v) is 12.6. The highest BCUT2D eigenvalue weighted by Gasteiger charge is 2.25. The van der Waals surface area contributed by atoms with Gasteiger partial charge in [-0.05, 0) is 48.8 Å². The topological polar surface area (TPSA) is 12.0 Å². The van der Waals surface area contributed by atoms with Crippen molar-refractivity contribution < 1.29 is 0 Å². The Balaban J connectivity index is 2.74. The van der Waals surface area contributed by atoms with Gasteiger partial charge in [-0.25, -0.2) is 0 Å². The minimum Gasteiger partial charge on any atom is -0.316 e. The van der Waals surface area contributed by atoms with Crippen LogP contribution in [0.5, 0.6) is 0 Å². The molecule has 0 aliphatic rings. The minimum atomic E-state index is 0.420. The van der Waals surface area contributed by atoms with Crippen LogP contribution in [0.3, 0.4) is 0 Å². The fourth-order valence-corrected chi connectivity index (χ4v) is 2.53. The molecule has 0 aliphatic heterocycles.